The summed E-state index contributed by atoms with van der Waals surface area (Å²) in [6, 6.07) is 16.5. The number of carbonyl (C=O) groups is 1. The van der Waals surface area contributed by atoms with Crippen molar-refractivity contribution in [3.63, 3.8) is 0 Å². The molecule has 0 radical (unpaired) electrons. The van der Waals surface area contributed by atoms with E-state index < -0.39 is 0 Å². The van der Waals surface area contributed by atoms with Crippen LogP contribution < -0.4 is 5.73 Å². The lowest BCUT2D eigenvalue weighted by Crippen LogP contribution is -2.13. The van der Waals surface area contributed by atoms with Gasteiger partial charge in [-0.25, -0.2) is 0 Å². The van der Waals surface area contributed by atoms with Crippen molar-refractivity contribution < 1.29 is 4.79 Å². The van der Waals surface area contributed by atoms with Crippen molar-refractivity contribution in [3.8, 4) is 11.1 Å². The van der Waals surface area contributed by atoms with Gasteiger partial charge < -0.3 is 5.73 Å². The first kappa shape index (κ1) is 18.7. The molecule has 2 N–H and O–H groups in total. The summed E-state index contributed by atoms with van der Waals surface area (Å²) in [4.78, 5) is 11.2. The Balaban J connectivity index is 1.57. The Morgan fingerprint density at radius 3 is 2.00 bits per heavy atom. The van der Waals surface area contributed by atoms with E-state index in [9.17, 15) is 4.79 Å². The Morgan fingerprint density at radius 2 is 1.46 bits per heavy atom. The van der Waals surface area contributed by atoms with Gasteiger partial charge in [0, 0.05) is 5.56 Å². The molecule has 0 unspecified atom stereocenters. The van der Waals surface area contributed by atoms with Gasteiger partial charge in [0.1, 0.15) is 0 Å². The molecule has 0 saturated heterocycles. The highest BCUT2D eigenvalue weighted by atomic mass is 16.1. The molecule has 1 saturated carbocycles. The van der Waals surface area contributed by atoms with Crippen molar-refractivity contribution in [1.82, 2.24) is 0 Å². The molecule has 1 aliphatic carbocycles. The smallest absolute Gasteiger partial charge is 0.248 e. The highest BCUT2D eigenvalue weighted by Crippen LogP contribution is 2.38. The van der Waals surface area contributed by atoms with Gasteiger partial charge in [0.15, 0.2) is 0 Å². The molecule has 26 heavy (non-hydrogen) atoms. The molecule has 1 aliphatic rings. The highest BCUT2D eigenvalue weighted by Gasteiger charge is 2.22. The van der Waals surface area contributed by atoms with Crippen molar-refractivity contribution in [1.29, 1.82) is 0 Å². The van der Waals surface area contributed by atoms with Gasteiger partial charge in [-0.2, -0.15) is 0 Å². The van der Waals surface area contributed by atoms with Crippen molar-refractivity contribution >= 4 is 5.91 Å². The first-order chi connectivity index (χ1) is 12.7. The lowest BCUT2D eigenvalue weighted by Gasteiger charge is -2.29. The van der Waals surface area contributed by atoms with Crippen LogP contribution >= 0.6 is 0 Å². The number of nitrogens with two attached hydrogens (primary N) is 1. The summed E-state index contributed by atoms with van der Waals surface area (Å²) < 4.78 is 0. The van der Waals surface area contributed by atoms with Crippen LogP contribution in [-0.4, -0.2) is 5.91 Å². The molecule has 2 nitrogen and oxygen atoms in total. The van der Waals surface area contributed by atoms with Gasteiger partial charge in [0.05, 0.1) is 0 Å². The van der Waals surface area contributed by atoms with Gasteiger partial charge in [0.2, 0.25) is 5.91 Å². The van der Waals surface area contributed by atoms with Crippen LogP contribution in [0.2, 0.25) is 0 Å². The summed E-state index contributed by atoms with van der Waals surface area (Å²) in [7, 11) is 0. The fourth-order valence-electron chi connectivity index (χ4n) is 4.24. The minimum Gasteiger partial charge on any atom is -0.366 e. The molecule has 0 atom stereocenters. The average Bonchev–Trinajstić information content (AvgIpc) is 2.69. The van der Waals surface area contributed by atoms with Crippen LogP contribution in [0.15, 0.2) is 48.5 Å². The van der Waals surface area contributed by atoms with Crippen LogP contribution in [0.1, 0.15) is 80.1 Å². The van der Waals surface area contributed by atoms with E-state index in [1.165, 1.54) is 62.5 Å². The lowest BCUT2D eigenvalue weighted by atomic mass is 9.77. The first-order valence-corrected chi connectivity index (χ1v) is 10.2. The fraction of sp³-hybridized carbons (Fsp3) is 0.458. The zero-order valence-corrected chi connectivity index (χ0v) is 15.9. The molecule has 2 aromatic carbocycles. The minimum absolute atomic E-state index is 0.378. The van der Waals surface area contributed by atoms with Crippen molar-refractivity contribution in [2.45, 2.75) is 64.2 Å². The van der Waals surface area contributed by atoms with Crippen molar-refractivity contribution in [2.75, 3.05) is 0 Å². The standard InChI is InChI=1S/C24H31NO/c1-2-3-4-5-18-6-8-19(9-7-18)20-10-12-21(13-11-20)22-14-16-23(17-15-22)24(25)26/h10-19H,2-9H2,1H3,(H2,25,26). The Labute approximate surface area is 157 Å². The van der Waals surface area contributed by atoms with E-state index in [1.54, 1.807) is 12.1 Å². The molecule has 0 aromatic heterocycles. The molecular weight excluding hydrogens is 318 g/mol. The summed E-state index contributed by atoms with van der Waals surface area (Å²) in [5.74, 6) is 1.31. The zero-order chi connectivity index (χ0) is 18.4. The Kier molecular flexibility index (Phi) is 6.49. The van der Waals surface area contributed by atoms with Crippen LogP contribution in [0.5, 0.6) is 0 Å². The molecule has 0 bridgehead atoms. The quantitative estimate of drug-likeness (QED) is 0.585. The maximum absolute atomic E-state index is 11.2. The second-order valence-electron chi connectivity index (χ2n) is 7.78. The highest BCUT2D eigenvalue weighted by molar-refractivity contribution is 5.93. The predicted octanol–water partition coefficient (Wildman–Crippen LogP) is 6.31. The van der Waals surface area contributed by atoms with Gasteiger partial charge in [-0.1, -0.05) is 69.0 Å². The van der Waals surface area contributed by atoms with Crippen LogP contribution in [0, 0.1) is 5.92 Å². The van der Waals surface area contributed by atoms with Gasteiger partial charge in [-0.15, -0.1) is 0 Å². The molecule has 138 valence electrons. The molecular formula is C24H31NO. The van der Waals surface area contributed by atoms with E-state index in [-0.39, 0.29) is 5.91 Å². The Hall–Kier alpha value is -2.09. The maximum Gasteiger partial charge on any atom is 0.248 e. The van der Waals surface area contributed by atoms with Crippen molar-refractivity contribution in [3.05, 3.63) is 59.7 Å². The van der Waals surface area contributed by atoms with E-state index in [0.717, 1.165) is 17.4 Å². The van der Waals surface area contributed by atoms with Gasteiger partial charge in [-0.05, 0) is 66.3 Å². The van der Waals surface area contributed by atoms with E-state index in [1.807, 2.05) is 12.1 Å². The normalized spacial score (nSPS) is 20.0. The van der Waals surface area contributed by atoms with E-state index >= 15 is 0 Å². The topological polar surface area (TPSA) is 43.1 Å². The van der Waals surface area contributed by atoms with Gasteiger partial charge >= 0.3 is 0 Å². The Morgan fingerprint density at radius 1 is 0.885 bits per heavy atom. The fourth-order valence-corrected chi connectivity index (χ4v) is 4.24. The number of unbranched alkanes of at least 4 members (excludes halogenated alkanes) is 2. The number of primary amides is 1. The third kappa shape index (κ3) is 4.75. The SMILES string of the molecule is CCCCCC1CCC(c2ccc(-c3ccc(C(N)=O)cc3)cc2)CC1. The molecule has 0 heterocycles. The summed E-state index contributed by atoms with van der Waals surface area (Å²) in [5.41, 5.74) is 9.67. The second-order valence-corrected chi connectivity index (χ2v) is 7.78. The first-order valence-electron chi connectivity index (χ1n) is 10.2. The second kappa shape index (κ2) is 9.02. The number of hydrogen-bond acceptors (Lipinski definition) is 1. The van der Waals surface area contributed by atoms with Crippen LogP contribution in [0.25, 0.3) is 11.1 Å². The van der Waals surface area contributed by atoms with E-state index in [2.05, 4.69) is 31.2 Å². The third-order valence-corrected chi connectivity index (χ3v) is 5.95. The van der Waals surface area contributed by atoms with Crippen LogP contribution in [-0.2, 0) is 0 Å². The maximum atomic E-state index is 11.2. The van der Waals surface area contributed by atoms with E-state index in [0.29, 0.717) is 5.56 Å². The summed E-state index contributed by atoms with van der Waals surface area (Å²) in [5, 5.41) is 0. The number of benzene rings is 2. The largest absolute Gasteiger partial charge is 0.366 e. The Bertz CT molecular complexity index is 694. The van der Waals surface area contributed by atoms with Gasteiger partial charge in [0.25, 0.3) is 0 Å². The molecule has 0 spiro atoms. The van der Waals surface area contributed by atoms with Crippen LogP contribution in [0.4, 0.5) is 0 Å². The number of hydrogen-bond donors (Lipinski definition) is 1. The molecule has 0 aliphatic heterocycles. The molecule has 3 rings (SSSR count). The van der Waals surface area contributed by atoms with Crippen LogP contribution in [0.3, 0.4) is 0 Å². The zero-order valence-electron chi connectivity index (χ0n) is 15.9. The molecule has 2 heteroatoms. The van der Waals surface area contributed by atoms with Crippen molar-refractivity contribution in [2.24, 2.45) is 11.7 Å². The average molecular weight is 350 g/mol. The summed E-state index contributed by atoms with van der Waals surface area (Å²) in [6.07, 6.45) is 11.0. The summed E-state index contributed by atoms with van der Waals surface area (Å²) in [6.45, 7) is 2.28. The molecule has 2 aromatic rings. The molecule has 1 amide bonds. The third-order valence-electron chi connectivity index (χ3n) is 5.95. The predicted molar refractivity (Wildman–Crippen MR) is 109 cm³/mol. The monoisotopic (exact) mass is 349 g/mol. The number of carbonyl (C=O) groups excluding carboxylic acids is 1. The van der Waals surface area contributed by atoms with E-state index in [4.69, 9.17) is 5.73 Å². The lowest BCUT2D eigenvalue weighted by molar-refractivity contribution is 0.100. The minimum atomic E-state index is -0.378. The van der Waals surface area contributed by atoms with Gasteiger partial charge in [-0.3, -0.25) is 4.79 Å². The summed E-state index contributed by atoms with van der Waals surface area (Å²) >= 11 is 0. The number of rotatable bonds is 7. The number of amides is 1. The molecule has 1 fully saturated rings.